The topological polar surface area (TPSA) is 78.3 Å². The lowest BCUT2D eigenvalue weighted by Gasteiger charge is -2.56. The Labute approximate surface area is 198 Å². The van der Waals surface area contributed by atoms with E-state index in [-0.39, 0.29) is 16.9 Å². The Morgan fingerprint density at radius 3 is 2.36 bits per heavy atom. The lowest BCUT2D eigenvalue weighted by Crippen LogP contribution is -2.50. The minimum Gasteiger partial charge on any atom is -0.465 e. The summed E-state index contributed by atoms with van der Waals surface area (Å²) in [4.78, 5) is 43.6. The summed E-state index contributed by atoms with van der Waals surface area (Å²) in [5.74, 6) is 2.64. The molecule has 1 aromatic carbocycles. The van der Waals surface area contributed by atoms with Gasteiger partial charge in [-0.15, -0.1) is 0 Å². The van der Waals surface area contributed by atoms with Crippen LogP contribution in [0.1, 0.15) is 62.7 Å². The first-order chi connectivity index (χ1) is 15.8. The van der Waals surface area contributed by atoms with Crippen LogP contribution in [0.3, 0.4) is 0 Å². The summed E-state index contributed by atoms with van der Waals surface area (Å²) in [5, 5.41) is 1.03. The number of benzene rings is 1. The van der Waals surface area contributed by atoms with Crippen molar-refractivity contribution in [2.45, 2.75) is 64.1 Å². The second-order valence-corrected chi connectivity index (χ2v) is 11.8. The molecule has 1 heterocycles. The Hall–Kier alpha value is -2.15. The number of nitrogens with zero attached hydrogens (tertiary/aromatic N) is 2. The van der Waals surface area contributed by atoms with Gasteiger partial charge in [-0.1, -0.05) is 25.6 Å². The van der Waals surface area contributed by atoms with Crippen molar-refractivity contribution in [1.82, 2.24) is 9.55 Å². The Morgan fingerprint density at radius 2 is 1.79 bits per heavy atom. The molecule has 6 rings (SSSR count). The summed E-state index contributed by atoms with van der Waals surface area (Å²) in [6, 6.07) is 4.84. The predicted octanol–water partition coefficient (Wildman–Crippen LogP) is 4.72. The molecule has 0 amide bonds. The molecule has 0 atom stereocenters. The maximum Gasteiger partial charge on any atom is 0.337 e. The third-order valence-electron chi connectivity index (χ3n) is 7.85. The van der Waals surface area contributed by atoms with E-state index in [9.17, 15) is 14.4 Å². The number of methoxy groups -OCH3 is 1. The highest BCUT2D eigenvalue weighted by Crippen LogP contribution is 2.60. The summed E-state index contributed by atoms with van der Waals surface area (Å²) >= 11 is 1.38. The van der Waals surface area contributed by atoms with Crippen LogP contribution in [0.25, 0.3) is 10.9 Å². The van der Waals surface area contributed by atoms with Crippen molar-refractivity contribution in [2.24, 2.45) is 29.1 Å². The van der Waals surface area contributed by atoms with Crippen LogP contribution in [-0.2, 0) is 16.1 Å². The second-order valence-electron chi connectivity index (χ2n) is 10.8. The first-order valence-electron chi connectivity index (χ1n) is 12.1. The number of carbonyl (C=O) groups is 2. The maximum absolute atomic E-state index is 13.5. The van der Waals surface area contributed by atoms with Gasteiger partial charge in [0, 0.05) is 12.0 Å². The van der Waals surface area contributed by atoms with Crippen LogP contribution in [0.2, 0.25) is 0 Å². The Kier molecular flexibility index (Phi) is 5.88. The minimum atomic E-state index is -0.462. The monoisotopic (exact) mass is 468 g/mol. The molecule has 4 bridgehead atoms. The van der Waals surface area contributed by atoms with Gasteiger partial charge >= 0.3 is 5.97 Å². The first-order valence-corrected chi connectivity index (χ1v) is 13.1. The molecule has 0 saturated heterocycles. The van der Waals surface area contributed by atoms with Crippen LogP contribution in [0.4, 0.5) is 0 Å². The van der Waals surface area contributed by atoms with E-state index in [1.807, 2.05) is 0 Å². The van der Waals surface area contributed by atoms with Gasteiger partial charge in [0.05, 0.1) is 29.3 Å². The number of hydrogen-bond donors (Lipinski definition) is 0. The van der Waals surface area contributed by atoms with Gasteiger partial charge in [0.25, 0.3) is 5.56 Å². The van der Waals surface area contributed by atoms with Crippen LogP contribution < -0.4 is 5.56 Å². The third-order valence-corrected chi connectivity index (χ3v) is 8.83. The summed E-state index contributed by atoms with van der Waals surface area (Å²) < 4.78 is 6.51. The van der Waals surface area contributed by atoms with Gasteiger partial charge in [0.1, 0.15) is 5.78 Å². The van der Waals surface area contributed by atoms with Gasteiger partial charge in [-0.05, 0) is 80.4 Å². The molecule has 4 saturated carbocycles. The lowest BCUT2D eigenvalue weighted by molar-refractivity contribution is -0.141. The zero-order valence-electron chi connectivity index (χ0n) is 19.6. The van der Waals surface area contributed by atoms with E-state index < -0.39 is 5.97 Å². The van der Waals surface area contributed by atoms with Crippen molar-refractivity contribution < 1.29 is 14.3 Å². The number of ketones is 1. The lowest BCUT2D eigenvalue weighted by atomic mass is 9.48. The molecule has 33 heavy (non-hydrogen) atoms. The molecule has 1 aromatic heterocycles. The quantitative estimate of drug-likeness (QED) is 0.332. The number of fused-ring (bicyclic) bond motifs is 1. The molecule has 0 spiro atoms. The fourth-order valence-electron chi connectivity index (χ4n) is 6.82. The highest BCUT2D eigenvalue weighted by atomic mass is 32.2. The standard InChI is InChI=1S/C26H32N2O4S/c1-15(2)13-28-23(30)20-5-4-19(24(31)32-3)9-21(20)27-25(28)33-14-22(29)26-10-16-6-17(11-26)8-18(7-16)12-26/h4-5,9,15-18H,6-8,10-14H2,1-3H3. The smallest absolute Gasteiger partial charge is 0.337 e. The van der Waals surface area contributed by atoms with Crippen molar-refractivity contribution >= 4 is 34.4 Å². The fraction of sp³-hybridized carbons (Fsp3) is 0.615. The number of hydrogen-bond acceptors (Lipinski definition) is 6. The molecule has 0 radical (unpaired) electrons. The third kappa shape index (κ3) is 4.13. The van der Waals surface area contributed by atoms with Crippen molar-refractivity contribution in [3.05, 3.63) is 34.1 Å². The van der Waals surface area contributed by atoms with Gasteiger partial charge in [0.2, 0.25) is 0 Å². The Morgan fingerprint density at radius 1 is 1.15 bits per heavy atom. The van der Waals surface area contributed by atoms with Crippen molar-refractivity contribution in [3.8, 4) is 0 Å². The van der Waals surface area contributed by atoms with E-state index in [1.165, 1.54) is 38.1 Å². The van der Waals surface area contributed by atoms with Crippen LogP contribution in [0.5, 0.6) is 0 Å². The van der Waals surface area contributed by atoms with E-state index in [4.69, 9.17) is 9.72 Å². The molecule has 4 aliphatic rings. The van der Waals surface area contributed by atoms with Crippen LogP contribution in [0.15, 0.2) is 28.2 Å². The molecule has 2 aromatic rings. The first kappa shape index (κ1) is 22.6. The molecule has 6 nitrogen and oxygen atoms in total. The van der Waals surface area contributed by atoms with Gasteiger partial charge in [-0.3, -0.25) is 14.2 Å². The zero-order valence-corrected chi connectivity index (χ0v) is 20.5. The molecule has 176 valence electrons. The van der Waals surface area contributed by atoms with Crippen molar-refractivity contribution in [1.29, 1.82) is 0 Å². The van der Waals surface area contributed by atoms with Gasteiger partial charge in [-0.25, -0.2) is 9.78 Å². The predicted molar refractivity (Wildman–Crippen MR) is 129 cm³/mol. The zero-order chi connectivity index (χ0) is 23.3. The molecular formula is C26H32N2O4S. The molecular weight excluding hydrogens is 436 g/mol. The molecule has 0 unspecified atom stereocenters. The maximum atomic E-state index is 13.5. The molecule has 7 heteroatoms. The van der Waals surface area contributed by atoms with Crippen LogP contribution in [-0.4, -0.2) is 34.2 Å². The van der Waals surface area contributed by atoms with Crippen molar-refractivity contribution in [3.63, 3.8) is 0 Å². The van der Waals surface area contributed by atoms with Crippen LogP contribution >= 0.6 is 11.8 Å². The summed E-state index contributed by atoms with van der Waals surface area (Å²) in [6.07, 6.45) is 7.06. The number of rotatable bonds is 7. The number of thioether (sulfide) groups is 1. The van der Waals surface area contributed by atoms with E-state index in [2.05, 4.69) is 13.8 Å². The Balaban J connectivity index is 1.45. The van der Waals surface area contributed by atoms with E-state index in [0.717, 1.165) is 37.0 Å². The number of esters is 1. The molecule has 4 aliphatic carbocycles. The van der Waals surface area contributed by atoms with Gasteiger partial charge < -0.3 is 4.74 Å². The number of Topliss-reactive ketones (excluding diaryl/α,β-unsaturated/α-hetero) is 1. The van der Waals surface area contributed by atoms with E-state index >= 15 is 0 Å². The molecule has 4 fully saturated rings. The Bertz CT molecular complexity index is 1130. The van der Waals surface area contributed by atoms with Gasteiger partial charge in [0.15, 0.2) is 5.16 Å². The fourth-order valence-corrected chi connectivity index (χ4v) is 7.86. The van der Waals surface area contributed by atoms with Crippen molar-refractivity contribution in [2.75, 3.05) is 12.9 Å². The molecule has 0 N–H and O–H groups in total. The highest BCUT2D eigenvalue weighted by Gasteiger charge is 2.54. The summed E-state index contributed by atoms with van der Waals surface area (Å²) in [7, 11) is 1.33. The average Bonchev–Trinajstić information content (AvgIpc) is 2.77. The van der Waals surface area contributed by atoms with E-state index in [1.54, 1.807) is 22.8 Å². The minimum absolute atomic E-state index is 0.130. The summed E-state index contributed by atoms with van der Waals surface area (Å²) in [5.41, 5.74) is 0.543. The summed E-state index contributed by atoms with van der Waals surface area (Å²) in [6.45, 7) is 4.66. The van der Waals surface area contributed by atoms with Gasteiger partial charge in [-0.2, -0.15) is 0 Å². The number of ether oxygens (including phenoxy) is 1. The average molecular weight is 469 g/mol. The number of aromatic nitrogens is 2. The molecule has 0 aliphatic heterocycles. The normalized spacial score (nSPS) is 27.9. The highest BCUT2D eigenvalue weighted by molar-refractivity contribution is 7.99. The SMILES string of the molecule is COC(=O)c1ccc2c(=O)n(CC(C)C)c(SCC(=O)C34CC5CC(CC(C5)C3)C4)nc2c1. The van der Waals surface area contributed by atoms with Crippen LogP contribution in [0, 0.1) is 29.1 Å². The number of carbonyl (C=O) groups excluding carboxylic acids is 2. The second kappa shape index (κ2) is 8.57. The largest absolute Gasteiger partial charge is 0.465 e. The van der Waals surface area contributed by atoms with E-state index in [0.29, 0.717) is 39.7 Å².